The Balaban J connectivity index is 1.58. The Hall–Kier alpha value is -3.85. The van der Waals surface area contributed by atoms with Gasteiger partial charge in [0.2, 0.25) is 11.7 Å². The minimum absolute atomic E-state index is 0.0456. The predicted octanol–water partition coefficient (Wildman–Crippen LogP) is 4.72. The summed E-state index contributed by atoms with van der Waals surface area (Å²) in [6.07, 6.45) is 1.60. The van der Waals surface area contributed by atoms with Gasteiger partial charge in [-0.05, 0) is 39.0 Å². The number of carbonyl (C=O) groups excluding carboxylic acids is 3. The van der Waals surface area contributed by atoms with Gasteiger partial charge < -0.3 is 10.1 Å². The first-order valence-corrected chi connectivity index (χ1v) is 12.0. The number of nitrogens with one attached hydrogen (secondary N) is 1. The van der Waals surface area contributed by atoms with Crippen molar-refractivity contribution in [2.75, 3.05) is 6.61 Å². The molecule has 0 spiro atoms. The van der Waals surface area contributed by atoms with Gasteiger partial charge >= 0.3 is 5.97 Å². The number of fused-ring (bicyclic) bond motifs is 1. The molecule has 180 valence electrons. The Labute approximate surface area is 206 Å². The van der Waals surface area contributed by atoms with Crippen LogP contribution < -0.4 is 5.32 Å². The molecule has 4 aromatic rings. The lowest BCUT2D eigenvalue weighted by atomic mass is 10.1. The lowest BCUT2D eigenvalue weighted by molar-refractivity contribution is -0.119. The number of hydrogen-bond acceptors (Lipinski definition) is 7. The van der Waals surface area contributed by atoms with Crippen LogP contribution in [0, 0.1) is 6.92 Å². The third kappa shape index (κ3) is 5.46. The van der Waals surface area contributed by atoms with Crippen molar-refractivity contribution in [1.82, 2.24) is 20.1 Å². The summed E-state index contributed by atoms with van der Waals surface area (Å²) in [5.74, 6) is -1.06. The normalized spacial score (nSPS) is 11.1. The average Bonchev–Trinajstić information content (AvgIpc) is 3.48. The second kappa shape index (κ2) is 10.2. The number of aryl methyl sites for hydroxylation is 1. The minimum atomic E-state index is -0.613. The molecular formula is C26H26N4O4S. The van der Waals surface area contributed by atoms with E-state index in [1.165, 1.54) is 18.3 Å². The quantitative estimate of drug-likeness (QED) is 0.283. The Morgan fingerprint density at radius 2 is 1.86 bits per heavy atom. The van der Waals surface area contributed by atoms with Gasteiger partial charge in [0.05, 0.1) is 34.3 Å². The first-order valence-electron chi connectivity index (χ1n) is 11.2. The molecule has 0 unspecified atom stereocenters. The van der Waals surface area contributed by atoms with Crippen molar-refractivity contribution in [2.45, 2.75) is 40.3 Å². The van der Waals surface area contributed by atoms with E-state index in [0.29, 0.717) is 33.7 Å². The smallest absolute Gasteiger partial charge is 0.339 e. The Morgan fingerprint density at radius 1 is 1.11 bits per heavy atom. The summed E-state index contributed by atoms with van der Waals surface area (Å²) in [6, 6.07) is 13.0. The number of aromatic nitrogens is 3. The maximum atomic E-state index is 13.1. The summed E-state index contributed by atoms with van der Waals surface area (Å²) in [7, 11) is 0. The number of Topliss-reactive ketones (excluding diaryl/α,β-unsaturated/α-hetero) is 1. The number of ketones is 1. The molecule has 0 radical (unpaired) electrons. The van der Waals surface area contributed by atoms with Crippen LogP contribution in [0.1, 0.15) is 57.3 Å². The molecule has 0 aliphatic carbocycles. The molecular weight excluding hydrogens is 464 g/mol. The highest BCUT2D eigenvalue weighted by Gasteiger charge is 2.21. The number of thiophene rings is 1. The molecule has 0 aliphatic heterocycles. The number of ether oxygens (including phenoxy) is 1. The van der Waals surface area contributed by atoms with E-state index in [9.17, 15) is 14.4 Å². The number of esters is 1. The third-order valence-corrected chi connectivity index (χ3v) is 6.53. The van der Waals surface area contributed by atoms with Gasteiger partial charge in [0.15, 0.2) is 12.3 Å². The van der Waals surface area contributed by atoms with Crippen molar-refractivity contribution >= 4 is 40.0 Å². The van der Waals surface area contributed by atoms with E-state index < -0.39 is 5.97 Å². The topological polar surface area (TPSA) is 103 Å². The number of rotatable bonds is 8. The molecule has 3 aromatic heterocycles. The van der Waals surface area contributed by atoms with Gasteiger partial charge in [-0.25, -0.2) is 14.5 Å². The van der Waals surface area contributed by atoms with Crippen LogP contribution in [0.25, 0.3) is 22.3 Å². The van der Waals surface area contributed by atoms with E-state index in [1.54, 1.807) is 29.1 Å². The summed E-state index contributed by atoms with van der Waals surface area (Å²) < 4.78 is 7.18. The van der Waals surface area contributed by atoms with E-state index >= 15 is 0 Å². The van der Waals surface area contributed by atoms with E-state index in [0.717, 1.165) is 16.0 Å². The highest BCUT2D eigenvalue weighted by atomic mass is 32.1. The van der Waals surface area contributed by atoms with Gasteiger partial charge in [-0.3, -0.25) is 9.59 Å². The zero-order valence-corrected chi connectivity index (χ0v) is 20.8. The lowest BCUT2D eigenvalue weighted by Crippen LogP contribution is -2.18. The van der Waals surface area contributed by atoms with Gasteiger partial charge in [-0.1, -0.05) is 29.8 Å². The molecule has 0 saturated carbocycles. The minimum Gasteiger partial charge on any atom is -0.454 e. The van der Waals surface area contributed by atoms with Crippen LogP contribution in [0.15, 0.2) is 48.7 Å². The molecule has 9 heteroatoms. The van der Waals surface area contributed by atoms with Gasteiger partial charge in [-0.2, -0.15) is 5.10 Å². The van der Waals surface area contributed by atoms with Gasteiger partial charge in [0.1, 0.15) is 0 Å². The van der Waals surface area contributed by atoms with E-state index in [1.807, 2.05) is 45.0 Å². The number of nitrogens with zero attached hydrogens (tertiary/aromatic N) is 3. The van der Waals surface area contributed by atoms with Crippen LogP contribution in [0.4, 0.5) is 0 Å². The van der Waals surface area contributed by atoms with Gasteiger partial charge in [-0.15, -0.1) is 11.3 Å². The number of benzene rings is 1. The maximum Gasteiger partial charge on any atom is 0.339 e. The molecule has 1 amide bonds. The van der Waals surface area contributed by atoms with Crippen LogP contribution in [0.5, 0.6) is 0 Å². The molecule has 0 atom stereocenters. The van der Waals surface area contributed by atoms with E-state index in [2.05, 4.69) is 10.4 Å². The summed E-state index contributed by atoms with van der Waals surface area (Å²) in [4.78, 5) is 42.9. The average molecular weight is 491 g/mol. The molecule has 0 fully saturated rings. The fraction of sp³-hybridized carbons (Fsp3) is 0.269. The maximum absolute atomic E-state index is 13.1. The molecule has 1 aromatic carbocycles. The van der Waals surface area contributed by atoms with Crippen LogP contribution in [-0.4, -0.2) is 39.0 Å². The molecule has 35 heavy (non-hydrogen) atoms. The van der Waals surface area contributed by atoms with Crippen molar-refractivity contribution in [3.8, 4) is 11.3 Å². The number of pyridine rings is 1. The van der Waals surface area contributed by atoms with Crippen LogP contribution in [-0.2, 0) is 16.1 Å². The monoisotopic (exact) mass is 490 g/mol. The highest BCUT2D eigenvalue weighted by Crippen LogP contribution is 2.27. The lowest BCUT2D eigenvalue weighted by Gasteiger charge is -2.11. The van der Waals surface area contributed by atoms with Gasteiger partial charge in [0, 0.05) is 23.4 Å². The second-order valence-electron chi connectivity index (χ2n) is 8.52. The summed E-state index contributed by atoms with van der Waals surface area (Å²) in [5.41, 5.74) is 3.50. The van der Waals surface area contributed by atoms with Gasteiger partial charge in [0.25, 0.3) is 0 Å². The van der Waals surface area contributed by atoms with Crippen molar-refractivity contribution in [1.29, 1.82) is 0 Å². The van der Waals surface area contributed by atoms with Crippen molar-refractivity contribution in [3.05, 3.63) is 69.5 Å². The van der Waals surface area contributed by atoms with Crippen molar-refractivity contribution < 1.29 is 19.1 Å². The molecule has 0 saturated heterocycles. The zero-order chi connectivity index (χ0) is 25.1. The zero-order valence-electron chi connectivity index (χ0n) is 20.0. The van der Waals surface area contributed by atoms with E-state index in [-0.39, 0.29) is 24.3 Å². The number of amides is 1. The first kappa shape index (κ1) is 24.3. The molecule has 3 heterocycles. The fourth-order valence-electron chi connectivity index (χ4n) is 3.55. The SMILES string of the molecule is CC(=O)NCc1ccc(C(=O)COC(=O)c2cc(-c3ccc(C)cc3)nc3c2cnn3C(C)C)s1. The Morgan fingerprint density at radius 3 is 2.54 bits per heavy atom. The number of carbonyl (C=O) groups is 3. The number of hydrogen-bond donors (Lipinski definition) is 1. The Kier molecular flexibility index (Phi) is 7.07. The first-order chi connectivity index (χ1) is 16.7. The van der Waals surface area contributed by atoms with Crippen LogP contribution in [0.2, 0.25) is 0 Å². The summed E-state index contributed by atoms with van der Waals surface area (Å²) in [5, 5.41) is 7.68. The van der Waals surface area contributed by atoms with Crippen molar-refractivity contribution in [2.24, 2.45) is 0 Å². The largest absolute Gasteiger partial charge is 0.454 e. The highest BCUT2D eigenvalue weighted by molar-refractivity contribution is 7.14. The fourth-order valence-corrected chi connectivity index (χ4v) is 4.42. The van der Waals surface area contributed by atoms with Crippen LogP contribution in [0.3, 0.4) is 0 Å². The van der Waals surface area contributed by atoms with Crippen molar-refractivity contribution in [3.63, 3.8) is 0 Å². The van der Waals surface area contributed by atoms with E-state index in [4.69, 9.17) is 9.72 Å². The molecule has 4 rings (SSSR count). The Bertz CT molecular complexity index is 1400. The predicted molar refractivity (Wildman–Crippen MR) is 135 cm³/mol. The third-order valence-electron chi connectivity index (χ3n) is 5.41. The summed E-state index contributed by atoms with van der Waals surface area (Å²) in [6.45, 7) is 7.38. The standard InChI is InChI=1S/C26H26N4O4S/c1-15(2)30-25-21(13-28-30)20(11-22(29-25)18-7-5-16(3)6-8-18)26(33)34-14-23(32)24-10-9-19(35-24)12-27-17(4)31/h5-11,13,15H,12,14H2,1-4H3,(H,27,31). The van der Waals surface area contributed by atoms with Crippen LogP contribution >= 0.6 is 11.3 Å². The molecule has 1 N–H and O–H groups in total. The molecule has 0 bridgehead atoms. The molecule has 8 nitrogen and oxygen atoms in total. The second-order valence-corrected chi connectivity index (χ2v) is 9.68. The summed E-state index contributed by atoms with van der Waals surface area (Å²) >= 11 is 1.26. The molecule has 0 aliphatic rings.